The van der Waals surface area contributed by atoms with E-state index in [1.807, 2.05) is 32.0 Å². The minimum absolute atomic E-state index is 0.0194. The van der Waals surface area contributed by atoms with Crippen LogP contribution >= 0.6 is 11.8 Å². The summed E-state index contributed by atoms with van der Waals surface area (Å²) in [4.78, 5) is 24.7. The summed E-state index contributed by atoms with van der Waals surface area (Å²) in [6, 6.07) is 5.57. The third-order valence-electron chi connectivity index (χ3n) is 4.09. The Hall–Kier alpha value is -2.35. The van der Waals surface area contributed by atoms with Crippen LogP contribution in [0.2, 0.25) is 0 Å². The molecular weight excluding hydrogens is 342 g/mol. The highest BCUT2D eigenvalue weighted by Crippen LogP contribution is 2.42. The van der Waals surface area contributed by atoms with Crippen molar-refractivity contribution in [1.82, 2.24) is 9.78 Å². The number of ether oxygens (including phenoxy) is 2. The fraction of sp³-hybridized carbons (Fsp3) is 0.412. The number of aromatic nitrogens is 2. The quantitative estimate of drug-likeness (QED) is 0.872. The maximum atomic E-state index is 12.6. The zero-order chi connectivity index (χ0) is 18.1. The summed E-state index contributed by atoms with van der Waals surface area (Å²) in [6.45, 7) is 3.90. The zero-order valence-corrected chi connectivity index (χ0v) is 15.4. The fourth-order valence-corrected chi connectivity index (χ4v) is 4.02. The van der Waals surface area contributed by atoms with Crippen molar-refractivity contribution in [2.45, 2.75) is 25.1 Å². The number of rotatable bonds is 4. The van der Waals surface area contributed by atoms with Crippen LogP contribution in [0.1, 0.15) is 36.3 Å². The molecule has 0 aliphatic carbocycles. The summed E-state index contributed by atoms with van der Waals surface area (Å²) in [5.41, 5.74) is 1.24. The second-order valence-electron chi connectivity index (χ2n) is 6.02. The molecule has 8 heteroatoms. The summed E-state index contributed by atoms with van der Waals surface area (Å²) < 4.78 is 12.4. The number of hydrogen-bond acceptors (Lipinski definition) is 5. The molecule has 0 spiro atoms. The Bertz CT molecular complexity index is 856. The van der Waals surface area contributed by atoms with Crippen LogP contribution in [0.25, 0.3) is 0 Å². The number of carbonyl (C=O) groups excluding carboxylic acids is 1. The van der Waals surface area contributed by atoms with E-state index in [9.17, 15) is 9.59 Å². The number of nitrogens with one attached hydrogen (secondary N) is 2. The van der Waals surface area contributed by atoms with E-state index in [1.54, 1.807) is 18.9 Å². The predicted octanol–water partition coefficient (Wildman–Crippen LogP) is 2.55. The first-order valence-electron chi connectivity index (χ1n) is 7.94. The third kappa shape index (κ3) is 3.13. The number of anilines is 1. The maximum absolute atomic E-state index is 12.6. The smallest absolute Gasteiger partial charge is 0.270 e. The molecule has 7 nitrogen and oxygen atoms in total. The Morgan fingerprint density at radius 3 is 2.56 bits per heavy atom. The number of methoxy groups -OCH3 is 2. The van der Waals surface area contributed by atoms with Gasteiger partial charge in [-0.15, -0.1) is 11.8 Å². The van der Waals surface area contributed by atoms with Crippen molar-refractivity contribution in [2.24, 2.45) is 0 Å². The first-order valence-corrected chi connectivity index (χ1v) is 8.99. The molecule has 1 atom stereocenters. The van der Waals surface area contributed by atoms with Gasteiger partial charge in [0, 0.05) is 6.04 Å². The summed E-state index contributed by atoms with van der Waals surface area (Å²) in [7, 11) is 3.15. The molecule has 2 N–H and O–H groups in total. The van der Waals surface area contributed by atoms with Gasteiger partial charge in [-0.05, 0) is 31.5 Å². The molecule has 1 amide bonds. The van der Waals surface area contributed by atoms with Gasteiger partial charge in [0.25, 0.3) is 5.56 Å². The van der Waals surface area contributed by atoms with Crippen molar-refractivity contribution >= 4 is 23.5 Å². The van der Waals surface area contributed by atoms with E-state index >= 15 is 0 Å². The number of nitrogens with zero attached hydrogens (tertiary/aromatic N) is 1. The van der Waals surface area contributed by atoms with E-state index in [2.05, 4.69) is 10.4 Å². The predicted molar refractivity (Wildman–Crippen MR) is 97.9 cm³/mol. The molecule has 25 heavy (non-hydrogen) atoms. The number of aromatic amines is 1. The monoisotopic (exact) mass is 363 g/mol. The van der Waals surface area contributed by atoms with Crippen LogP contribution in [0, 0.1) is 0 Å². The van der Waals surface area contributed by atoms with Crippen molar-refractivity contribution < 1.29 is 14.3 Å². The topological polar surface area (TPSA) is 85.4 Å². The Morgan fingerprint density at radius 2 is 1.92 bits per heavy atom. The molecular formula is C17H21N3O4S. The van der Waals surface area contributed by atoms with Crippen molar-refractivity contribution in [3.05, 3.63) is 39.7 Å². The number of amides is 1. The van der Waals surface area contributed by atoms with Gasteiger partial charge < -0.3 is 14.8 Å². The van der Waals surface area contributed by atoms with Gasteiger partial charge in [0.2, 0.25) is 5.91 Å². The highest BCUT2D eigenvalue weighted by molar-refractivity contribution is 8.00. The van der Waals surface area contributed by atoms with Crippen LogP contribution in [-0.2, 0) is 4.79 Å². The van der Waals surface area contributed by atoms with E-state index in [4.69, 9.17) is 9.47 Å². The number of fused-ring (bicyclic) bond motifs is 1. The van der Waals surface area contributed by atoms with Crippen molar-refractivity contribution in [3.63, 3.8) is 0 Å². The number of carbonyl (C=O) groups is 1. The summed E-state index contributed by atoms with van der Waals surface area (Å²) in [5, 5.41) is 5.41. The van der Waals surface area contributed by atoms with Gasteiger partial charge in [-0.2, -0.15) is 0 Å². The van der Waals surface area contributed by atoms with Gasteiger partial charge in [-0.25, -0.2) is 0 Å². The first-order chi connectivity index (χ1) is 12.0. The van der Waals surface area contributed by atoms with Gasteiger partial charge >= 0.3 is 0 Å². The SMILES string of the molecule is COc1ccc([C@H]2SCC(=O)Nc3c2c(=O)[nH]n3C(C)C)cc1OC. The Kier molecular flexibility index (Phi) is 4.80. The average molecular weight is 363 g/mol. The minimum atomic E-state index is -0.280. The average Bonchev–Trinajstić information content (AvgIpc) is 2.81. The maximum Gasteiger partial charge on any atom is 0.270 e. The van der Waals surface area contributed by atoms with Gasteiger partial charge in [-0.1, -0.05) is 6.07 Å². The second-order valence-corrected chi connectivity index (χ2v) is 7.11. The van der Waals surface area contributed by atoms with E-state index in [0.29, 0.717) is 22.9 Å². The molecule has 1 aromatic carbocycles. The van der Waals surface area contributed by atoms with Crippen molar-refractivity contribution in [2.75, 3.05) is 25.3 Å². The standard InChI is InChI=1S/C17H21N3O4S/c1-9(2)20-16-14(17(22)19-20)15(25-8-13(21)18-16)10-5-6-11(23-3)12(7-10)24-4/h5-7,9,15H,8H2,1-4H3,(H,18,21)(H,19,22)/t15-/m1/s1. The molecule has 0 saturated carbocycles. The van der Waals surface area contributed by atoms with E-state index < -0.39 is 0 Å². The molecule has 1 aromatic heterocycles. The van der Waals surface area contributed by atoms with E-state index in [-0.39, 0.29) is 28.5 Å². The van der Waals surface area contributed by atoms with Gasteiger partial charge in [0.1, 0.15) is 5.82 Å². The molecule has 0 radical (unpaired) electrons. The second kappa shape index (κ2) is 6.87. The Balaban J connectivity index is 2.16. The zero-order valence-electron chi connectivity index (χ0n) is 14.6. The van der Waals surface area contributed by atoms with Gasteiger partial charge in [-0.3, -0.25) is 19.4 Å². The molecule has 3 rings (SSSR count). The summed E-state index contributed by atoms with van der Waals surface area (Å²) in [6.07, 6.45) is 0. The molecule has 134 valence electrons. The highest BCUT2D eigenvalue weighted by atomic mass is 32.2. The number of benzene rings is 1. The van der Waals surface area contributed by atoms with Crippen LogP contribution in [-0.4, -0.2) is 35.7 Å². The normalized spacial score (nSPS) is 17.0. The molecule has 0 saturated heterocycles. The first kappa shape index (κ1) is 17.5. The minimum Gasteiger partial charge on any atom is -0.493 e. The lowest BCUT2D eigenvalue weighted by molar-refractivity contribution is -0.113. The molecule has 1 aliphatic heterocycles. The number of hydrogen-bond donors (Lipinski definition) is 2. The Morgan fingerprint density at radius 1 is 1.20 bits per heavy atom. The Labute approximate surface area is 149 Å². The molecule has 2 aromatic rings. The van der Waals surface area contributed by atoms with Crippen molar-refractivity contribution in [3.8, 4) is 11.5 Å². The molecule has 0 bridgehead atoms. The largest absolute Gasteiger partial charge is 0.493 e. The van der Waals surface area contributed by atoms with Crippen LogP contribution in [0.15, 0.2) is 23.0 Å². The number of H-pyrrole nitrogens is 1. The van der Waals surface area contributed by atoms with Crippen LogP contribution in [0.4, 0.5) is 5.82 Å². The fourth-order valence-electron chi connectivity index (χ4n) is 2.91. The van der Waals surface area contributed by atoms with Crippen LogP contribution in [0.3, 0.4) is 0 Å². The lowest BCUT2D eigenvalue weighted by atomic mass is 10.1. The molecule has 1 aliphatic rings. The van der Waals surface area contributed by atoms with E-state index in [1.165, 1.54) is 11.8 Å². The summed E-state index contributed by atoms with van der Waals surface area (Å²) in [5.74, 6) is 1.89. The van der Waals surface area contributed by atoms with Crippen LogP contribution in [0.5, 0.6) is 11.5 Å². The summed E-state index contributed by atoms with van der Waals surface area (Å²) >= 11 is 1.42. The van der Waals surface area contributed by atoms with Gasteiger partial charge in [0.15, 0.2) is 11.5 Å². The van der Waals surface area contributed by atoms with Gasteiger partial charge in [0.05, 0.1) is 30.8 Å². The van der Waals surface area contributed by atoms with E-state index in [0.717, 1.165) is 5.56 Å². The highest BCUT2D eigenvalue weighted by Gasteiger charge is 2.31. The molecule has 0 fully saturated rings. The van der Waals surface area contributed by atoms with Crippen LogP contribution < -0.4 is 20.3 Å². The molecule has 2 heterocycles. The van der Waals surface area contributed by atoms with Crippen molar-refractivity contribution in [1.29, 1.82) is 0 Å². The third-order valence-corrected chi connectivity index (χ3v) is 5.36. The lowest BCUT2D eigenvalue weighted by Gasteiger charge is -2.16. The lowest BCUT2D eigenvalue weighted by Crippen LogP contribution is -2.17. The molecule has 0 unspecified atom stereocenters. The number of thioether (sulfide) groups is 1.